The van der Waals surface area contributed by atoms with Crippen molar-refractivity contribution in [3.63, 3.8) is 0 Å². The van der Waals surface area contributed by atoms with E-state index < -0.39 is 10.0 Å². The first-order chi connectivity index (χ1) is 9.51. The molecule has 0 aliphatic carbocycles. The van der Waals surface area contributed by atoms with Gasteiger partial charge in [0.1, 0.15) is 0 Å². The largest absolute Gasteiger partial charge is 0.218 e. The maximum absolute atomic E-state index is 12.4. The van der Waals surface area contributed by atoms with Crippen LogP contribution < -0.4 is 0 Å². The minimum Gasteiger partial charge on any atom is -0.212 e. The van der Waals surface area contributed by atoms with Gasteiger partial charge in [0.25, 0.3) is 0 Å². The van der Waals surface area contributed by atoms with Gasteiger partial charge in [-0.25, -0.2) is 8.42 Å². The monoisotopic (exact) mass is 329 g/mol. The minimum absolute atomic E-state index is 0.0286. The number of hydrogen-bond acceptors (Lipinski definition) is 3. The van der Waals surface area contributed by atoms with Crippen LogP contribution in [0, 0.1) is 0 Å². The fourth-order valence-corrected chi connectivity index (χ4v) is 4.60. The van der Waals surface area contributed by atoms with Crippen molar-refractivity contribution in [3.05, 3.63) is 57.2 Å². The molecule has 1 heterocycles. The number of halogens is 1. The second-order valence-electron chi connectivity index (χ2n) is 4.37. The smallest absolute Gasteiger partial charge is 0.212 e. The molecular weight excluding hydrogens is 314 g/mol. The summed E-state index contributed by atoms with van der Waals surface area (Å²) in [6.07, 6.45) is 0. The van der Waals surface area contributed by atoms with Gasteiger partial charge in [-0.1, -0.05) is 48.9 Å². The second kappa shape index (κ2) is 6.72. The maximum atomic E-state index is 12.4. The van der Waals surface area contributed by atoms with Gasteiger partial charge in [0.2, 0.25) is 10.0 Å². The van der Waals surface area contributed by atoms with E-state index in [0.29, 0.717) is 17.4 Å². The minimum atomic E-state index is -3.32. The molecule has 0 saturated heterocycles. The summed E-state index contributed by atoms with van der Waals surface area (Å²) in [5.41, 5.74) is 0.801. The molecule has 0 N–H and O–H groups in total. The third-order valence-electron chi connectivity index (χ3n) is 2.90. The van der Waals surface area contributed by atoms with Crippen molar-refractivity contribution in [2.45, 2.75) is 19.2 Å². The Morgan fingerprint density at radius 2 is 1.85 bits per heavy atom. The molecule has 3 nitrogen and oxygen atoms in total. The standard InChI is InChI=1S/C14H16ClNO2S2/c1-2-16(10-13-8-9-14(15)19-13)20(17,18)11-12-6-4-3-5-7-12/h3-9H,2,10-11H2,1H3. The lowest BCUT2D eigenvalue weighted by Crippen LogP contribution is -2.31. The molecule has 0 aliphatic rings. The molecule has 0 radical (unpaired) electrons. The molecule has 0 amide bonds. The highest BCUT2D eigenvalue weighted by atomic mass is 35.5. The zero-order chi connectivity index (χ0) is 14.6. The van der Waals surface area contributed by atoms with Gasteiger partial charge >= 0.3 is 0 Å². The van der Waals surface area contributed by atoms with Crippen molar-refractivity contribution < 1.29 is 8.42 Å². The van der Waals surface area contributed by atoms with Crippen LogP contribution >= 0.6 is 22.9 Å². The highest BCUT2D eigenvalue weighted by molar-refractivity contribution is 7.88. The summed E-state index contributed by atoms with van der Waals surface area (Å²) in [6, 6.07) is 12.9. The first-order valence-electron chi connectivity index (χ1n) is 6.27. The van der Waals surface area contributed by atoms with Crippen LogP contribution in [0.3, 0.4) is 0 Å². The topological polar surface area (TPSA) is 37.4 Å². The van der Waals surface area contributed by atoms with Crippen LogP contribution in [-0.4, -0.2) is 19.3 Å². The Hall–Kier alpha value is -0.880. The Kier molecular flexibility index (Phi) is 5.21. The molecule has 108 valence electrons. The van der Waals surface area contributed by atoms with Crippen LogP contribution in [-0.2, 0) is 22.3 Å². The summed E-state index contributed by atoms with van der Waals surface area (Å²) >= 11 is 7.29. The molecule has 0 aliphatic heterocycles. The second-order valence-corrected chi connectivity index (χ2v) is 8.14. The molecule has 2 rings (SSSR count). The summed E-state index contributed by atoms with van der Waals surface area (Å²) in [4.78, 5) is 0.952. The molecule has 0 fully saturated rings. The van der Waals surface area contributed by atoms with E-state index in [-0.39, 0.29) is 5.75 Å². The summed E-state index contributed by atoms with van der Waals surface area (Å²) in [6.45, 7) is 2.67. The summed E-state index contributed by atoms with van der Waals surface area (Å²) in [7, 11) is -3.32. The fourth-order valence-electron chi connectivity index (χ4n) is 1.89. The van der Waals surface area contributed by atoms with E-state index in [1.165, 1.54) is 15.6 Å². The van der Waals surface area contributed by atoms with Crippen LogP contribution in [0.5, 0.6) is 0 Å². The summed E-state index contributed by atoms with van der Waals surface area (Å²) < 4.78 is 27.0. The molecule has 2 aromatic rings. The number of sulfonamides is 1. The van der Waals surface area contributed by atoms with Gasteiger partial charge in [-0.2, -0.15) is 4.31 Å². The first kappa shape index (κ1) is 15.5. The summed E-state index contributed by atoms with van der Waals surface area (Å²) in [5, 5.41) is 0. The van der Waals surface area contributed by atoms with E-state index in [4.69, 9.17) is 11.6 Å². The SMILES string of the molecule is CCN(Cc1ccc(Cl)s1)S(=O)(=O)Cc1ccccc1. The average molecular weight is 330 g/mol. The average Bonchev–Trinajstić information content (AvgIpc) is 2.82. The van der Waals surface area contributed by atoms with E-state index in [1.54, 1.807) is 6.07 Å². The van der Waals surface area contributed by atoms with Crippen molar-refractivity contribution in [2.75, 3.05) is 6.54 Å². The number of thiophene rings is 1. The first-order valence-corrected chi connectivity index (χ1v) is 9.07. The maximum Gasteiger partial charge on any atom is 0.218 e. The van der Waals surface area contributed by atoms with E-state index >= 15 is 0 Å². The Labute approximate surface area is 128 Å². The predicted molar refractivity (Wildman–Crippen MR) is 84.5 cm³/mol. The van der Waals surface area contributed by atoms with E-state index in [2.05, 4.69) is 0 Å². The number of rotatable bonds is 6. The van der Waals surface area contributed by atoms with Gasteiger partial charge in [-0.05, 0) is 17.7 Å². The molecular formula is C14H16ClNO2S2. The van der Waals surface area contributed by atoms with Gasteiger partial charge in [0, 0.05) is 18.0 Å². The van der Waals surface area contributed by atoms with E-state index in [0.717, 1.165) is 10.4 Å². The highest BCUT2D eigenvalue weighted by Gasteiger charge is 2.21. The molecule has 20 heavy (non-hydrogen) atoms. The number of hydrogen-bond donors (Lipinski definition) is 0. The number of benzene rings is 1. The van der Waals surface area contributed by atoms with Crippen molar-refractivity contribution >= 4 is 33.0 Å². The highest BCUT2D eigenvalue weighted by Crippen LogP contribution is 2.24. The normalized spacial score (nSPS) is 11.9. The van der Waals surface area contributed by atoms with Crippen LogP contribution in [0.4, 0.5) is 0 Å². The lowest BCUT2D eigenvalue weighted by molar-refractivity contribution is 0.425. The molecule has 0 spiro atoms. The molecule has 1 aromatic carbocycles. The fraction of sp³-hybridized carbons (Fsp3) is 0.286. The Bertz CT molecular complexity index is 653. The van der Waals surface area contributed by atoms with Crippen LogP contribution in [0.2, 0.25) is 4.34 Å². The van der Waals surface area contributed by atoms with E-state index in [9.17, 15) is 8.42 Å². The molecule has 1 aromatic heterocycles. The zero-order valence-corrected chi connectivity index (χ0v) is 13.5. The Morgan fingerprint density at radius 1 is 1.15 bits per heavy atom. The molecule has 6 heteroatoms. The lowest BCUT2D eigenvalue weighted by Gasteiger charge is -2.19. The van der Waals surface area contributed by atoms with Crippen molar-refractivity contribution in [2.24, 2.45) is 0 Å². The van der Waals surface area contributed by atoms with Crippen LogP contribution in [0.1, 0.15) is 17.4 Å². The molecule has 0 unspecified atom stereocenters. The third kappa shape index (κ3) is 4.06. The molecule has 0 atom stereocenters. The number of nitrogens with zero attached hydrogens (tertiary/aromatic N) is 1. The third-order valence-corrected chi connectivity index (χ3v) is 5.99. The lowest BCUT2D eigenvalue weighted by atomic mass is 10.2. The van der Waals surface area contributed by atoms with Crippen molar-refractivity contribution in [1.82, 2.24) is 4.31 Å². The van der Waals surface area contributed by atoms with E-state index in [1.807, 2.05) is 43.3 Å². The van der Waals surface area contributed by atoms with Gasteiger partial charge in [-0.3, -0.25) is 0 Å². The predicted octanol–water partition coefficient (Wildman–Crippen LogP) is 3.75. The van der Waals surface area contributed by atoms with Crippen molar-refractivity contribution in [1.29, 1.82) is 0 Å². The Balaban J connectivity index is 2.13. The molecule has 0 saturated carbocycles. The zero-order valence-electron chi connectivity index (χ0n) is 11.1. The molecule has 0 bridgehead atoms. The van der Waals surface area contributed by atoms with Crippen molar-refractivity contribution in [3.8, 4) is 0 Å². The van der Waals surface area contributed by atoms with Crippen LogP contribution in [0.15, 0.2) is 42.5 Å². The van der Waals surface area contributed by atoms with Gasteiger partial charge in [0.05, 0.1) is 10.1 Å². The van der Waals surface area contributed by atoms with Gasteiger partial charge in [0.15, 0.2) is 0 Å². The van der Waals surface area contributed by atoms with Gasteiger partial charge < -0.3 is 0 Å². The Morgan fingerprint density at radius 3 is 2.40 bits per heavy atom. The quantitative estimate of drug-likeness (QED) is 0.809. The summed E-state index contributed by atoms with van der Waals surface area (Å²) in [5.74, 6) is 0.0286. The van der Waals surface area contributed by atoms with Gasteiger partial charge in [-0.15, -0.1) is 11.3 Å². The van der Waals surface area contributed by atoms with Crippen LogP contribution in [0.25, 0.3) is 0 Å².